The van der Waals surface area contributed by atoms with Crippen molar-refractivity contribution < 1.29 is 17.9 Å². The maximum absolute atomic E-state index is 13.4. The summed E-state index contributed by atoms with van der Waals surface area (Å²) in [5, 5.41) is 1.17. The molecule has 0 amide bonds. The fourth-order valence-electron chi connectivity index (χ4n) is 4.50. The standard InChI is InChI=1S/C20H22O4S/c1-24-18-10-9-13-5-2-3-8-17(13)19(18)20(21)14-11-15-6-4-7-16(12-14)25(15,22)23/h2-3,5,8-10,14-16H,4,6-7,11-12H2,1H3. The second-order valence-corrected chi connectivity index (χ2v) is 9.67. The van der Waals surface area contributed by atoms with Gasteiger partial charge in [0.25, 0.3) is 0 Å². The summed E-state index contributed by atoms with van der Waals surface area (Å²) in [5.74, 6) is 0.362. The zero-order valence-corrected chi connectivity index (χ0v) is 15.1. The molecule has 2 saturated heterocycles. The minimum atomic E-state index is -3.06. The molecule has 132 valence electrons. The van der Waals surface area contributed by atoms with Gasteiger partial charge < -0.3 is 4.74 Å². The molecule has 0 radical (unpaired) electrons. The minimum absolute atomic E-state index is 0.0282. The molecule has 0 aromatic heterocycles. The lowest BCUT2D eigenvalue weighted by Crippen LogP contribution is -2.45. The van der Waals surface area contributed by atoms with Crippen molar-refractivity contribution in [2.45, 2.75) is 42.6 Å². The highest BCUT2D eigenvalue weighted by atomic mass is 32.2. The van der Waals surface area contributed by atoms with Crippen LogP contribution in [0.2, 0.25) is 0 Å². The fourth-order valence-corrected chi connectivity index (χ4v) is 7.04. The smallest absolute Gasteiger partial charge is 0.170 e. The number of methoxy groups -OCH3 is 1. The van der Waals surface area contributed by atoms with Crippen LogP contribution < -0.4 is 4.74 Å². The monoisotopic (exact) mass is 358 g/mol. The summed E-state index contributed by atoms with van der Waals surface area (Å²) in [7, 11) is -1.49. The van der Waals surface area contributed by atoms with E-state index in [0.29, 0.717) is 37.0 Å². The van der Waals surface area contributed by atoms with Gasteiger partial charge in [-0.3, -0.25) is 4.79 Å². The molecule has 0 spiro atoms. The molecule has 0 N–H and O–H groups in total. The summed E-state index contributed by atoms with van der Waals surface area (Å²) in [6.45, 7) is 0. The minimum Gasteiger partial charge on any atom is -0.496 e. The molecule has 0 saturated carbocycles. The van der Waals surface area contributed by atoms with Crippen LogP contribution in [0.15, 0.2) is 36.4 Å². The molecule has 2 atom stereocenters. The number of hydrogen-bond donors (Lipinski definition) is 0. The van der Waals surface area contributed by atoms with Gasteiger partial charge in [-0.25, -0.2) is 8.42 Å². The van der Waals surface area contributed by atoms with Gasteiger partial charge >= 0.3 is 0 Å². The Morgan fingerprint density at radius 1 is 1.04 bits per heavy atom. The van der Waals surface area contributed by atoms with E-state index >= 15 is 0 Å². The fraction of sp³-hybridized carbons (Fsp3) is 0.450. The van der Waals surface area contributed by atoms with Gasteiger partial charge in [-0.15, -0.1) is 0 Å². The zero-order chi connectivity index (χ0) is 17.6. The topological polar surface area (TPSA) is 60.4 Å². The molecular weight excluding hydrogens is 336 g/mol. The van der Waals surface area contributed by atoms with Crippen LogP contribution in [0.4, 0.5) is 0 Å². The van der Waals surface area contributed by atoms with Crippen molar-refractivity contribution in [1.82, 2.24) is 0 Å². The lowest BCUT2D eigenvalue weighted by molar-refractivity contribution is 0.0892. The predicted molar refractivity (Wildman–Crippen MR) is 97.9 cm³/mol. The molecular formula is C20H22O4S. The molecule has 0 aliphatic carbocycles. The Morgan fingerprint density at radius 3 is 2.40 bits per heavy atom. The number of ketones is 1. The number of carbonyl (C=O) groups excluding carboxylic acids is 1. The van der Waals surface area contributed by atoms with E-state index in [-0.39, 0.29) is 22.2 Å². The number of rotatable bonds is 3. The van der Waals surface area contributed by atoms with Crippen molar-refractivity contribution in [3.05, 3.63) is 42.0 Å². The lowest BCUT2D eigenvalue weighted by Gasteiger charge is -2.38. The van der Waals surface area contributed by atoms with E-state index in [9.17, 15) is 13.2 Å². The first kappa shape index (κ1) is 16.6. The first-order valence-electron chi connectivity index (χ1n) is 8.85. The molecule has 2 aliphatic rings. The number of hydrogen-bond acceptors (Lipinski definition) is 4. The van der Waals surface area contributed by atoms with Crippen LogP contribution in [0.1, 0.15) is 42.5 Å². The average molecular weight is 358 g/mol. The molecule has 5 heteroatoms. The summed E-state index contributed by atoms with van der Waals surface area (Å²) in [5.41, 5.74) is 0.600. The van der Waals surface area contributed by atoms with Crippen LogP contribution in [0.5, 0.6) is 5.75 Å². The normalized spacial score (nSPS) is 27.8. The number of benzene rings is 2. The van der Waals surface area contributed by atoms with Gasteiger partial charge in [-0.05, 0) is 42.5 Å². The van der Waals surface area contributed by atoms with Crippen LogP contribution in [0.3, 0.4) is 0 Å². The van der Waals surface area contributed by atoms with Crippen LogP contribution >= 0.6 is 0 Å². The first-order chi connectivity index (χ1) is 12.0. The Morgan fingerprint density at radius 2 is 1.72 bits per heavy atom. The van der Waals surface area contributed by atoms with E-state index in [1.165, 1.54) is 0 Å². The molecule has 4 rings (SSSR count). The molecule has 2 bridgehead atoms. The van der Waals surface area contributed by atoms with E-state index in [1.807, 2.05) is 36.4 Å². The maximum Gasteiger partial charge on any atom is 0.170 e. The van der Waals surface area contributed by atoms with Crippen LogP contribution in [-0.2, 0) is 9.84 Å². The van der Waals surface area contributed by atoms with E-state index in [2.05, 4.69) is 0 Å². The van der Waals surface area contributed by atoms with Gasteiger partial charge in [0.1, 0.15) is 5.75 Å². The molecule has 2 unspecified atom stereocenters. The van der Waals surface area contributed by atoms with Gasteiger partial charge in [0.15, 0.2) is 15.6 Å². The number of fused-ring (bicyclic) bond motifs is 3. The molecule has 2 aromatic rings. The number of carbonyl (C=O) groups is 1. The summed E-state index contributed by atoms with van der Waals surface area (Å²) < 4.78 is 30.5. The Hall–Kier alpha value is -1.88. The number of sulfone groups is 1. The van der Waals surface area contributed by atoms with Gasteiger partial charge in [0.05, 0.1) is 23.2 Å². The Labute approximate surface area is 148 Å². The molecule has 2 aliphatic heterocycles. The summed E-state index contributed by atoms with van der Waals surface area (Å²) >= 11 is 0. The third-order valence-electron chi connectivity index (χ3n) is 5.80. The SMILES string of the molecule is COc1ccc2ccccc2c1C(=O)C1CC2CCCC(C1)S2(=O)=O. The Bertz CT molecular complexity index is 912. The Kier molecular flexibility index (Phi) is 4.07. The number of ether oxygens (including phenoxy) is 1. The Balaban J connectivity index is 1.76. The van der Waals surface area contributed by atoms with Crippen LogP contribution in [-0.4, -0.2) is 31.8 Å². The van der Waals surface area contributed by atoms with Crippen molar-refractivity contribution in [3.63, 3.8) is 0 Å². The van der Waals surface area contributed by atoms with Gasteiger partial charge in [-0.1, -0.05) is 36.8 Å². The highest BCUT2D eigenvalue weighted by Gasteiger charge is 2.46. The van der Waals surface area contributed by atoms with E-state index < -0.39 is 9.84 Å². The largest absolute Gasteiger partial charge is 0.496 e. The van der Waals surface area contributed by atoms with Crippen molar-refractivity contribution in [2.24, 2.45) is 5.92 Å². The average Bonchev–Trinajstić information content (AvgIpc) is 2.59. The summed E-state index contributed by atoms with van der Waals surface area (Å²) in [4.78, 5) is 13.4. The zero-order valence-electron chi connectivity index (χ0n) is 14.3. The van der Waals surface area contributed by atoms with Crippen molar-refractivity contribution in [1.29, 1.82) is 0 Å². The first-order valence-corrected chi connectivity index (χ1v) is 10.5. The van der Waals surface area contributed by atoms with E-state index in [4.69, 9.17) is 4.74 Å². The van der Waals surface area contributed by atoms with Gasteiger partial charge in [0.2, 0.25) is 0 Å². The third-order valence-corrected chi connectivity index (χ3v) is 8.52. The second kappa shape index (κ2) is 6.13. The lowest BCUT2D eigenvalue weighted by atomic mass is 9.83. The predicted octanol–water partition coefficient (Wildman–Crippen LogP) is 3.78. The highest BCUT2D eigenvalue weighted by molar-refractivity contribution is 7.92. The third kappa shape index (κ3) is 2.65. The highest BCUT2D eigenvalue weighted by Crippen LogP contribution is 2.42. The van der Waals surface area contributed by atoms with Gasteiger partial charge in [-0.2, -0.15) is 0 Å². The van der Waals surface area contributed by atoms with Crippen LogP contribution in [0, 0.1) is 5.92 Å². The molecule has 4 nitrogen and oxygen atoms in total. The second-order valence-electron chi connectivity index (χ2n) is 7.16. The molecule has 2 fully saturated rings. The quantitative estimate of drug-likeness (QED) is 0.784. The van der Waals surface area contributed by atoms with E-state index in [0.717, 1.165) is 17.2 Å². The van der Waals surface area contributed by atoms with Crippen LogP contribution in [0.25, 0.3) is 10.8 Å². The van der Waals surface area contributed by atoms with E-state index in [1.54, 1.807) is 7.11 Å². The summed E-state index contributed by atoms with van der Waals surface area (Å²) in [6, 6.07) is 11.6. The molecule has 2 aromatic carbocycles. The van der Waals surface area contributed by atoms with Crippen molar-refractivity contribution >= 4 is 26.4 Å². The summed E-state index contributed by atoms with van der Waals surface area (Å²) in [6.07, 6.45) is 3.23. The van der Waals surface area contributed by atoms with Crippen molar-refractivity contribution in [2.75, 3.05) is 7.11 Å². The molecule has 2 heterocycles. The van der Waals surface area contributed by atoms with Gasteiger partial charge in [0, 0.05) is 5.92 Å². The maximum atomic E-state index is 13.4. The molecule has 25 heavy (non-hydrogen) atoms. The number of Topliss-reactive ketones (excluding diaryl/α,β-unsaturated/α-hetero) is 1. The van der Waals surface area contributed by atoms with Crippen molar-refractivity contribution in [3.8, 4) is 5.75 Å².